The Balaban J connectivity index is 1.21. The second kappa shape index (κ2) is 11.3. The molecular formula is C31H30N3O4+. The third kappa shape index (κ3) is 5.42. The number of hydroxylamine groups is 2. The SMILES string of the molecule is C[n+]1ccc(/C=C/C=C2/C=CN(CCCCC(=O)ON3C(=O)CCC3=O)c3ccccc32)c2ccccc21. The van der Waals surface area contributed by atoms with Crippen molar-refractivity contribution in [2.45, 2.75) is 32.1 Å². The molecule has 2 aliphatic heterocycles. The number of imide groups is 1. The van der Waals surface area contributed by atoms with Gasteiger partial charge in [0.1, 0.15) is 7.05 Å². The molecule has 3 aromatic rings. The van der Waals surface area contributed by atoms with Crippen LogP contribution in [0.25, 0.3) is 22.6 Å². The number of benzene rings is 2. The summed E-state index contributed by atoms with van der Waals surface area (Å²) < 4.78 is 2.12. The number of nitrogens with zero attached hydrogens (tertiary/aromatic N) is 3. The molecule has 1 aromatic heterocycles. The van der Waals surface area contributed by atoms with Crippen molar-refractivity contribution in [3.63, 3.8) is 0 Å². The van der Waals surface area contributed by atoms with Gasteiger partial charge in [0, 0.05) is 55.4 Å². The smallest absolute Gasteiger partial charge is 0.333 e. The third-order valence-electron chi connectivity index (χ3n) is 6.81. The van der Waals surface area contributed by atoms with Gasteiger partial charge in [-0.3, -0.25) is 9.59 Å². The quantitative estimate of drug-likeness (QED) is 0.247. The lowest BCUT2D eigenvalue weighted by Crippen LogP contribution is -2.32. The molecule has 0 spiro atoms. The summed E-state index contributed by atoms with van der Waals surface area (Å²) in [4.78, 5) is 42.4. The van der Waals surface area contributed by atoms with Gasteiger partial charge in [-0.2, -0.15) is 0 Å². The molecule has 7 nitrogen and oxygen atoms in total. The van der Waals surface area contributed by atoms with Crippen molar-refractivity contribution in [1.82, 2.24) is 5.06 Å². The summed E-state index contributed by atoms with van der Waals surface area (Å²) in [6, 6.07) is 18.8. The molecule has 7 heteroatoms. The van der Waals surface area contributed by atoms with E-state index < -0.39 is 17.8 Å². The van der Waals surface area contributed by atoms with E-state index in [9.17, 15) is 14.4 Å². The summed E-state index contributed by atoms with van der Waals surface area (Å²) in [5, 5.41) is 1.81. The number of carbonyl (C=O) groups excluding carboxylic acids is 3. The molecule has 1 saturated heterocycles. The van der Waals surface area contributed by atoms with Crippen molar-refractivity contribution < 1.29 is 23.8 Å². The van der Waals surface area contributed by atoms with E-state index in [1.165, 1.54) is 16.5 Å². The predicted molar refractivity (Wildman–Crippen MR) is 146 cm³/mol. The molecule has 0 atom stereocenters. The van der Waals surface area contributed by atoms with Crippen molar-refractivity contribution in [2.24, 2.45) is 7.05 Å². The fraction of sp³-hybridized carbons (Fsp3) is 0.226. The molecule has 38 heavy (non-hydrogen) atoms. The van der Waals surface area contributed by atoms with Gasteiger partial charge in [0.25, 0.3) is 11.8 Å². The van der Waals surface area contributed by atoms with Crippen LogP contribution in [0.2, 0.25) is 0 Å². The number of fused-ring (bicyclic) bond motifs is 2. The van der Waals surface area contributed by atoms with Gasteiger partial charge in [0.05, 0.1) is 5.39 Å². The normalized spacial score (nSPS) is 16.2. The van der Waals surface area contributed by atoms with E-state index >= 15 is 0 Å². The molecule has 5 rings (SSSR count). The van der Waals surface area contributed by atoms with Gasteiger partial charge >= 0.3 is 5.97 Å². The topological polar surface area (TPSA) is 70.8 Å². The first-order chi connectivity index (χ1) is 18.5. The number of allylic oxidation sites excluding steroid dienone is 4. The lowest BCUT2D eigenvalue weighted by atomic mass is 9.99. The first kappa shape index (κ1) is 25.1. The highest BCUT2D eigenvalue weighted by Gasteiger charge is 2.32. The van der Waals surface area contributed by atoms with Gasteiger partial charge in [0.15, 0.2) is 6.20 Å². The Hall–Kier alpha value is -4.52. The molecule has 3 heterocycles. The average molecular weight is 509 g/mol. The average Bonchev–Trinajstić information content (AvgIpc) is 3.25. The van der Waals surface area contributed by atoms with Crippen molar-refractivity contribution >= 4 is 46.0 Å². The van der Waals surface area contributed by atoms with Crippen LogP contribution in [0.15, 0.2) is 85.2 Å². The van der Waals surface area contributed by atoms with Gasteiger partial charge in [0.2, 0.25) is 5.52 Å². The largest absolute Gasteiger partial charge is 0.347 e. The summed E-state index contributed by atoms with van der Waals surface area (Å²) >= 11 is 0. The number of para-hydroxylation sites is 2. The first-order valence-corrected chi connectivity index (χ1v) is 12.9. The highest BCUT2D eigenvalue weighted by molar-refractivity contribution is 6.01. The molecule has 1 fully saturated rings. The van der Waals surface area contributed by atoms with E-state index in [4.69, 9.17) is 4.84 Å². The van der Waals surface area contributed by atoms with E-state index in [0.717, 1.165) is 29.8 Å². The van der Waals surface area contributed by atoms with Crippen molar-refractivity contribution in [1.29, 1.82) is 0 Å². The van der Waals surface area contributed by atoms with Gasteiger partial charge in [-0.05, 0) is 42.2 Å². The minimum absolute atomic E-state index is 0.0983. The van der Waals surface area contributed by atoms with Crippen molar-refractivity contribution in [3.8, 4) is 0 Å². The summed E-state index contributed by atoms with van der Waals surface area (Å²) in [7, 11) is 2.05. The molecule has 192 valence electrons. The Morgan fingerprint density at radius 1 is 1.00 bits per heavy atom. The molecule has 0 aliphatic carbocycles. The Morgan fingerprint density at radius 2 is 1.76 bits per heavy atom. The van der Waals surface area contributed by atoms with Gasteiger partial charge < -0.3 is 9.74 Å². The van der Waals surface area contributed by atoms with Crippen LogP contribution in [0.5, 0.6) is 0 Å². The van der Waals surface area contributed by atoms with Crippen LogP contribution < -0.4 is 9.47 Å². The number of pyridine rings is 1. The maximum Gasteiger partial charge on any atom is 0.333 e. The van der Waals surface area contributed by atoms with E-state index in [2.05, 4.69) is 95.7 Å². The summed E-state index contributed by atoms with van der Waals surface area (Å²) in [6.45, 7) is 0.735. The number of aromatic nitrogens is 1. The Bertz CT molecular complexity index is 1470. The van der Waals surface area contributed by atoms with Gasteiger partial charge in [-0.15, -0.1) is 5.06 Å². The van der Waals surface area contributed by atoms with Crippen molar-refractivity contribution in [2.75, 3.05) is 11.4 Å². The van der Waals surface area contributed by atoms with Crippen LogP contribution >= 0.6 is 0 Å². The van der Waals surface area contributed by atoms with E-state index in [-0.39, 0.29) is 19.3 Å². The Kier molecular flexibility index (Phi) is 7.45. The van der Waals surface area contributed by atoms with Gasteiger partial charge in [-0.25, -0.2) is 9.36 Å². The number of hydrogen-bond acceptors (Lipinski definition) is 5. The Labute approximate surface area is 221 Å². The zero-order valence-electron chi connectivity index (χ0n) is 21.4. The zero-order chi connectivity index (χ0) is 26.5. The van der Waals surface area contributed by atoms with Crippen LogP contribution in [-0.2, 0) is 26.3 Å². The number of hydrogen-bond donors (Lipinski definition) is 0. The number of rotatable bonds is 8. The fourth-order valence-electron chi connectivity index (χ4n) is 4.79. The maximum atomic E-state index is 12.1. The number of unbranched alkanes of at least 4 members (excludes halogenated alkanes) is 1. The zero-order valence-corrected chi connectivity index (χ0v) is 21.4. The molecule has 0 bridgehead atoms. The predicted octanol–water partition coefficient (Wildman–Crippen LogP) is 4.87. The summed E-state index contributed by atoms with van der Waals surface area (Å²) in [6.07, 6.45) is 14.3. The molecule has 2 aliphatic rings. The van der Waals surface area contributed by atoms with Gasteiger partial charge in [-0.1, -0.05) is 48.6 Å². The third-order valence-corrected chi connectivity index (χ3v) is 6.81. The molecule has 2 amide bonds. The fourth-order valence-corrected chi connectivity index (χ4v) is 4.79. The number of carbonyl (C=O) groups is 3. The van der Waals surface area contributed by atoms with E-state index in [1.54, 1.807) is 0 Å². The molecule has 2 aromatic carbocycles. The van der Waals surface area contributed by atoms with Crippen LogP contribution in [-0.4, -0.2) is 29.4 Å². The van der Waals surface area contributed by atoms with Crippen molar-refractivity contribution in [3.05, 3.63) is 96.3 Å². The van der Waals surface area contributed by atoms with Crippen LogP contribution in [0, 0.1) is 0 Å². The maximum absolute atomic E-state index is 12.1. The summed E-state index contributed by atoms with van der Waals surface area (Å²) in [5.74, 6) is -1.47. The Morgan fingerprint density at radius 3 is 2.61 bits per heavy atom. The van der Waals surface area contributed by atoms with Crippen LogP contribution in [0.1, 0.15) is 43.2 Å². The molecule has 0 unspecified atom stereocenters. The number of amides is 2. The molecular weight excluding hydrogens is 478 g/mol. The van der Waals surface area contributed by atoms with Crippen LogP contribution in [0.4, 0.5) is 5.69 Å². The highest BCUT2D eigenvalue weighted by atomic mass is 16.7. The lowest BCUT2D eigenvalue weighted by Gasteiger charge is -2.27. The molecule has 0 radical (unpaired) electrons. The monoisotopic (exact) mass is 508 g/mol. The van der Waals surface area contributed by atoms with Crippen LogP contribution in [0.3, 0.4) is 0 Å². The molecule has 0 N–H and O–H groups in total. The summed E-state index contributed by atoms with van der Waals surface area (Å²) in [5.41, 5.74) is 5.74. The second-order valence-electron chi connectivity index (χ2n) is 9.41. The standard InChI is InChI=1S/C31H30N3O4/c1-32-21-18-23(25-11-2-4-13-27(25)32)9-8-10-24-19-22-33(28-14-5-3-12-26(24)28)20-7-6-15-31(37)38-34-29(35)16-17-30(34)36/h2-5,8-14,18-19,21-22H,6-7,15-17,20H2,1H3/q+1. The minimum atomic E-state index is -0.555. The first-order valence-electron chi connectivity index (χ1n) is 12.9. The van der Waals surface area contributed by atoms with E-state index in [0.29, 0.717) is 11.5 Å². The highest BCUT2D eigenvalue weighted by Crippen LogP contribution is 2.33. The minimum Gasteiger partial charge on any atom is -0.347 e. The lowest BCUT2D eigenvalue weighted by molar-refractivity contribution is -0.644. The number of anilines is 1. The number of aryl methyl sites for hydroxylation is 1. The van der Waals surface area contributed by atoms with E-state index in [1.807, 2.05) is 12.1 Å². The second-order valence-corrected chi connectivity index (χ2v) is 9.41. The molecule has 0 saturated carbocycles.